The molecule has 2 aromatic heterocycles. The van der Waals surface area contributed by atoms with E-state index in [1.807, 2.05) is 54.4 Å². The van der Waals surface area contributed by atoms with E-state index < -0.39 is 17.6 Å². The van der Waals surface area contributed by atoms with Gasteiger partial charge in [-0.3, -0.25) is 4.79 Å². The largest absolute Gasteiger partial charge is 0.492 e. The molecule has 0 saturated heterocycles. The third kappa shape index (κ3) is 5.43. The maximum absolute atomic E-state index is 12.7. The van der Waals surface area contributed by atoms with Gasteiger partial charge in [0.1, 0.15) is 18.2 Å². The minimum Gasteiger partial charge on any atom is -0.492 e. The molecule has 6 nitrogen and oxygen atoms in total. The van der Waals surface area contributed by atoms with Crippen molar-refractivity contribution in [3.8, 4) is 17.0 Å². The Hall–Kier alpha value is -4.14. The number of ether oxygens (including phenoxy) is 1. The van der Waals surface area contributed by atoms with Crippen LogP contribution in [0.15, 0.2) is 85.2 Å². The van der Waals surface area contributed by atoms with E-state index in [1.165, 1.54) is 6.20 Å². The minimum atomic E-state index is -4.45. The van der Waals surface area contributed by atoms with Crippen LogP contribution in [0.25, 0.3) is 11.3 Å². The summed E-state index contributed by atoms with van der Waals surface area (Å²) in [5.41, 5.74) is 0.636. The van der Waals surface area contributed by atoms with Crippen LogP contribution >= 0.6 is 0 Å². The van der Waals surface area contributed by atoms with Crippen molar-refractivity contribution in [3.63, 3.8) is 0 Å². The van der Waals surface area contributed by atoms with Gasteiger partial charge in [-0.25, -0.2) is 9.67 Å². The zero-order valence-electron chi connectivity index (χ0n) is 18.2. The highest BCUT2D eigenvalue weighted by atomic mass is 19.4. The first-order valence-corrected chi connectivity index (χ1v) is 10.4. The zero-order valence-corrected chi connectivity index (χ0v) is 18.2. The summed E-state index contributed by atoms with van der Waals surface area (Å²) >= 11 is 0. The lowest BCUT2D eigenvalue weighted by Gasteiger charge is -2.18. The number of benzene rings is 2. The number of aromatic nitrogens is 3. The van der Waals surface area contributed by atoms with E-state index in [-0.39, 0.29) is 5.56 Å². The summed E-state index contributed by atoms with van der Waals surface area (Å²) < 4.78 is 45.1. The van der Waals surface area contributed by atoms with Crippen molar-refractivity contribution in [1.29, 1.82) is 0 Å². The van der Waals surface area contributed by atoms with Gasteiger partial charge in [0.2, 0.25) is 0 Å². The molecule has 2 heterocycles. The predicted molar refractivity (Wildman–Crippen MR) is 122 cm³/mol. The Morgan fingerprint density at radius 1 is 1.00 bits per heavy atom. The quantitative estimate of drug-likeness (QED) is 0.376. The second-order valence-electron chi connectivity index (χ2n) is 7.51. The molecule has 9 heteroatoms. The van der Waals surface area contributed by atoms with Crippen LogP contribution in [0.4, 0.5) is 19.0 Å². The van der Waals surface area contributed by atoms with Crippen molar-refractivity contribution >= 4 is 11.7 Å². The van der Waals surface area contributed by atoms with Crippen LogP contribution in [0.1, 0.15) is 15.9 Å². The van der Waals surface area contributed by atoms with Crippen LogP contribution in [-0.2, 0) is 6.18 Å². The number of alkyl halides is 3. The second kappa shape index (κ2) is 9.78. The lowest BCUT2D eigenvalue weighted by molar-refractivity contribution is -0.137. The van der Waals surface area contributed by atoms with Gasteiger partial charge in [-0.2, -0.15) is 18.3 Å². The zero-order chi connectivity index (χ0) is 24.1. The van der Waals surface area contributed by atoms with Gasteiger partial charge in [-0.1, -0.05) is 6.07 Å². The molecule has 0 aliphatic heterocycles. The van der Waals surface area contributed by atoms with Gasteiger partial charge >= 0.3 is 6.18 Å². The molecular weight excluding hydrogens is 445 g/mol. The Kier molecular flexibility index (Phi) is 6.62. The number of pyridine rings is 1. The molecule has 174 valence electrons. The molecule has 0 spiro atoms. The standard InChI is InChI=1S/C25H21F3N4O2/c1-31(23-4-2-3-14-29-23)16-17-34-21-11-7-18(8-12-21)22-13-15-32(30-22)24(33)19-5-9-20(10-6-19)25(26,27)28/h2-15H,16-17H2,1H3. The van der Waals surface area contributed by atoms with E-state index >= 15 is 0 Å². The number of carbonyl (C=O) groups excluding carboxylic acids is 1. The summed E-state index contributed by atoms with van der Waals surface area (Å²) in [6.45, 7) is 1.14. The molecule has 0 aliphatic carbocycles. The van der Waals surface area contributed by atoms with E-state index in [0.29, 0.717) is 24.6 Å². The summed E-state index contributed by atoms with van der Waals surface area (Å²) in [7, 11) is 1.94. The van der Waals surface area contributed by atoms with Crippen molar-refractivity contribution in [1.82, 2.24) is 14.8 Å². The molecule has 0 N–H and O–H groups in total. The Morgan fingerprint density at radius 2 is 1.74 bits per heavy atom. The first kappa shape index (κ1) is 23.0. The molecule has 0 amide bonds. The highest BCUT2D eigenvalue weighted by molar-refractivity contribution is 5.95. The van der Waals surface area contributed by atoms with E-state index in [9.17, 15) is 18.0 Å². The molecule has 34 heavy (non-hydrogen) atoms. The van der Waals surface area contributed by atoms with Gasteiger partial charge in [0.25, 0.3) is 5.91 Å². The van der Waals surface area contributed by atoms with Gasteiger partial charge in [0, 0.05) is 30.6 Å². The summed E-state index contributed by atoms with van der Waals surface area (Å²) in [6.07, 6.45) is -1.23. The Labute approximate surface area is 194 Å². The van der Waals surface area contributed by atoms with Crippen LogP contribution in [0.2, 0.25) is 0 Å². The molecule has 4 rings (SSSR count). The lowest BCUT2D eigenvalue weighted by atomic mass is 10.1. The maximum atomic E-state index is 12.7. The molecule has 0 aliphatic rings. The Bertz CT molecular complexity index is 1240. The average molecular weight is 466 g/mol. The van der Waals surface area contributed by atoms with Gasteiger partial charge in [-0.05, 0) is 66.7 Å². The van der Waals surface area contributed by atoms with Crippen molar-refractivity contribution in [2.45, 2.75) is 6.18 Å². The van der Waals surface area contributed by atoms with Crippen LogP contribution in [0, 0.1) is 0 Å². The van der Waals surface area contributed by atoms with E-state index in [4.69, 9.17) is 4.74 Å². The summed E-state index contributed by atoms with van der Waals surface area (Å²) in [4.78, 5) is 18.9. The van der Waals surface area contributed by atoms with Crippen molar-refractivity contribution in [3.05, 3.63) is 96.3 Å². The second-order valence-corrected chi connectivity index (χ2v) is 7.51. The fourth-order valence-corrected chi connectivity index (χ4v) is 3.24. The molecule has 0 bridgehead atoms. The number of halogens is 3. The van der Waals surface area contributed by atoms with Gasteiger partial charge < -0.3 is 9.64 Å². The summed E-state index contributed by atoms with van der Waals surface area (Å²) in [5.74, 6) is 1.04. The molecule has 0 radical (unpaired) electrons. The molecular formula is C25H21F3N4O2. The molecule has 4 aromatic rings. The molecule has 0 saturated carbocycles. The highest BCUT2D eigenvalue weighted by Crippen LogP contribution is 2.29. The number of anilines is 1. The van der Waals surface area contributed by atoms with Crippen LogP contribution in [0.3, 0.4) is 0 Å². The van der Waals surface area contributed by atoms with Crippen molar-refractivity contribution in [2.75, 3.05) is 25.1 Å². The minimum absolute atomic E-state index is 0.113. The highest BCUT2D eigenvalue weighted by Gasteiger charge is 2.30. The lowest BCUT2D eigenvalue weighted by Crippen LogP contribution is -2.24. The monoisotopic (exact) mass is 466 g/mol. The average Bonchev–Trinajstić information content (AvgIpc) is 3.34. The number of carbonyl (C=O) groups is 1. The first-order valence-electron chi connectivity index (χ1n) is 10.4. The maximum Gasteiger partial charge on any atom is 0.416 e. The van der Waals surface area contributed by atoms with Crippen LogP contribution in [-0.4, -0.2) is 40.9 Å². The third-order valence-electron chi connectivity index (χ3n) is 5.14. The number of likely N-dealkylation sites (N-methyl/N-ethyl adjacent to an activating group) is 1. The van der Waals surface area contributed by atoms with Crippen LogP contribution < -0.4 is 9.64 Å². The normalized spacial score (nSPS) is 11.3. The van der Waals surface area contributed by atoms with E-state index in [2.05, 4.69) is 10.1 Å². The van der Waals surface area contributed by atoms with E-state index in [1.54, 1.807) is 12.3 Å². The smallest absolute Gasteiger partial charge is 0.416 e. The molecule has 2 aromatic carbocycles. The predicted octanol–water partition coefficient (Wildman–Crippen LogP) is 5.17. The first-order chi connectivity index (χ1) is 16.3. The summed E-state index contributed by atoms with van der Waals surface area (Å²) in [6, 6.07) is 18.7. The topological polar surface area (TPSA) is 60.2 Å². The van der Waals surface area contributed by atoms with E-state index in [0.717, 1.165) is 40.3 Å². The van der Waals surface area contributed by atoms with Crippen molar-refractivity contribution in [2.24, 2.45) is 0 Å². The summed E-state index contributed by atoms with van der Waals surface area (Å²) in [5, 5.41) is 4.27. The number of hydrogen-bond acceptors (Lipinski definition) is 5. The third-order valence-corrected chi connectivity index (χ3v) is 5.14. The number of hydrogen-bond donors (Lipinski definition) is 0. The van der Waals surface area contributed by atoms with Gasteiger partial charge in [0.05, 0.1) is 17.8 Å². The molecule has 0 atom stereocenters. The molecule has 0 fully saturated rings. The van der Waals surface area contributed by atoms with Crippen LogP contribution in [0.5, 0.6) is 5.75 Å². The number of rotatable bonds is 7. The fourth-order valence-electron chi connectivity index (χ4n) is 3.24. The number of nitrogens with zero attached hydrogens (tertiary/aromatic N) is 4. The van der Waals surface area contributed by atoms with Gasteiger partial charge in [0.15, 0.2) is 0 Å². The van der Waals surface area contributed by atoms with Gasteiger partial charge in [-0.15, -0.1) is 0 Å². The fraction of sp³-hybridized carbons (Fsp3) is 0.160. The molecule has 0 unspecified atom stereocenters. The van der Waals surface area contributed by atoms with Crippen molar-refractivity contribution < 1.29 is 22.7 Å². The Balaban J connectivity index is 1.35. The Morgan fingerprint density at radius 3 is 2.38 bits per heavy atom. The SMILES string of the molecule is CN(CCOc1ccc(-c2ccn(C(=O)c3ccc(C(F)(F)F)cc3)n2)cc1)c1ccccn1.